The molecule has 1 atom stereocenters. The second-order valence-electron chi connectivity index (χ2n) is 5.00. The summed E-state index contributed by atoms with van der Waals surface area (Å²) >= 11 is 0. The van der Waals surface area contributed by atoms with Crippen LogP contribution in [0.2, 0.25) is 0 Å². The zero-order chi connectivity index (χ0) is 15.3. The lowest BCUT2D eigenvalue weighted by molar-refractivity contribution is -0.142. The van der Waals surface area contributed by atoms with Crippen molar-refractivity contribution >= 4 is 11.9 Å². The highest BCUT2D eigenvalue weighted by Crippen LogP contribution is 2.12. The Morgan fingerprint density at radius 1 is 1.25 bits per heavy atom. The second kappa shape index (κ2) is 6.98. The van der Waals surface area contributed by atoms with Crippen LogP contribution < -0.4 is 5.32 Å². The van der Waals surface area contributed by atoms with Gasteiger partial charge in [0.2, 0.25) is 0 Å². The number of carboxylic acids is 1. The maximum Gasteiger partial charge on any atom is 0.308 e. The number of nitrogens with one attached hydrogen (secondary N) is 1. The predicted molar refractivity (Wildman–Crippen MR) is 69.3 cm³/mol. The van der Waals surface area contributed by atoms with Gasteiger partial charge in [0.25, 0.3) is 5.91 Å². The number of hydrogen-bond acceptors (Lipinski definition) is 2. The summed E-state index contributed by atoms with van der Waals surface area (Å²) < 4.78 is 25.7. The molecule has 1 aromatic carbocycles. The molecule has 0 aliphatic heterocycles. The van der Waals surface area contributed by atoms with E-state index in [1.165, 1.54) is 0 Å². The number of hydrogen-bond donors (Lipinski definition) is 2. The Bertz CT molecular complexity index is 503. The summed E-state index contributed by atoms with van der Waals surface area (Å²) in [6.07, 6.45) is 0.424. The average Bonchev–Trinajstić information content (AvgIpc) is 2.36. The number of aliphatic carboxylic acids is 1. The number of carbonyl (C=O) groups is 2. The molecule has 20 heavy (non-hydrogen) atoms. The van der Waals surface area contributed by atoms with Crippen LogP contribution in [-0.4, -0.2) is 23.5 Å². The molecule has 6 heteroatoms. The lowest BCUT2D eigenvalue weighted by Gasteiger charge is -2.15. The van der Waals surface area contributed by atoms with Gasteiger partial charge in [0.15, 0.2) is 11.6 Å². The van der Waals surface area contributed by atoms with E-state index in [-0.39, 0.29) is 18.0 Å². The molecule has 1 aromatic rings. The van der Waals surface area contributed by atoms with Gasteiger partial charge in [-0.2, -0.15) is 0 Å². The van der Waals surface area contributed by atoms with Crippen LogP contribution in [0.25, 0.3) is 0 Å². The average molecular weight is 285 g/mol. The van der Waals surface area contributed by atoms with Crippen LogP contribution >= 0.6 is 0 Å². The van der Waals surface area contributed by atoms with E-state index in [4.69, 9.17) is 5.11 Å². The smallest absolute Gasteiger partial charge is 0.308 e. The van der Waals surface area contributed by atoms with Crippen molar-refractivity contribution in [1.29, 1.82) is 0 Å². The highest BCUT2D eigenvalue weighted by atomic mass is 19.2. The van der Waals surface area contributed by atoms with E-state index in [1.807, 2.05) is 13.8 Å². The van der Waals surface area contributed by atoms with Crippen LogP contribution in [0, 0.1) is 23.5 Å². The number of carbonyl (C=O) groups excluding carboxylic acids is 1. The quantitative estimate of drug-likeness (QED) is 0.843. The summed E-state index contributed by atoms with van der Waals surface area (Å²) in [5, 5.41) is 11.4. The SMILES string of the molecule is CC(C)CC(CNC(=O)c1ccc(F)c(F)c1)C(=O)O. The molecule has 4 nitrogen and oxygen atoms in total. The number of carboxylic acid groups (broad SMARTS) is 1. The van der Waals surface area contributed by atoms with Crippen molar-refractivity contribution in [2.45, 2.75) is 20.3 Å². The first-order chi connectivity index (χ1) is 9.31. The third kappa shape index (κ3) is 4.60. The lowest BCUT2D eigenvalue weighted by atomic mass is 9.97. The molecule has 0 aromatic heterocycles. The van der Waals surface area contributed by atoms with Gasteiger partial charge in [-0.15, -0.1) is 0 Å². The van der Waals surface area contributed by atoms with E-state index in [1.54, 1.807) is 0 Å². The van der Waals surface area contributed by atoms with Gasteiger partial charge in [-0.05, 0) is 30.5 Å². The molecular formula is C14H17F2NO3. The largest absolute Gasteiger partial charge is 0.481 e. The molecular weight excluding hydrogens is 268 g/mol. The maximum atomic E-state index is 13.0. The van der Waals surface area contributed by atoms with E-state index < -0.39 is 29.4 Å². The molecule has 0 radical (unpaired) electrons. The Hall–Kier alpha value is -1.98. The number of rotatable bonds is 6. The van der Waals surface area contributed by atoms with Gasteiger partial charge < -0.3 is 10.4 Å². The molecule has 1 amide bonds. The first kappa shape index (κ1) is 16.1. The van der Waals surface area contributed by atoms with Gasteiger partial charge in [-0.25, -0.2) is 8.78 Å². The molecule has 0 saturated heterocycles. The van der Waals surface area contributed by atoms with Crippen LogP contribution in [0.4, 0.5) is 8.78 Å². The Balaban J connectivity index is 2.65. The van der Waals surface area contributed by atoms with Gasteiger partial charge in [0, 0.05) is 12.1 Å². The predicted octanol–water partition coefficient (Wildman–Crippen LogP) is 2.44. The summed E-state index contributed by atoms with van der Waals surface area (Å²) in [5.41, 5.74) is -0.0439. The normalized spacial score (nSPS) is 12.2. The highest BCUT2D eigenvalue weighted by Gasteiger charge is 2.20. The summed E-state index contributed by atoms with van der Waals surface area (Å²) in [6.45, 7) is 3.71. The molecule has 0 fully saturated rings. The van der Waals surface area contributed by atoms with Crippen LogP contribution in [0.3, 0.4) is 0 Å². The van der Waals surface area contributed by atoms with Crippen molar-refractivity contribution in [2.24, 2.45) is 11.8 Å². The minimum atomic E-state index is -1.12. The molecule has 0 bridgehead atoms. The van der Waals surface area contributed by atoms with Crippen LogP contribution in [0.15, 0.2) is 18.2 Å². The molecule has 0 heterocycles. The fraction of sp³-hybridized carbons (Fsp3) is 0.429. The molecule has 1 rings (SSSR count). The minimum Gasteiger partial charge on any atom is -0.481 e. The molecule has 1 unspecified atom stereocenters. The van der Waals surface area contributed by atoms with E-state index in [9.17, 15) is 18.4 Å². The molecule has 0 aliphatic rings. The fourth-order valence-corrected chi connectivity index (χ4v) is 1.80. The molecule has 2 N–H and O–H groups in total. The van der Waals surface area contributed by atoms with E-state index in [0.717, 1.165) is 18.2 Å². The van der Waals surface area contributed by atoms with Crippen molar-refractivity contribution in [3.8, 4) is 0 Å². The van der Waals surface area contributed by atoms with Gasteiger partial charge >= 0.3 is 5.97 Å². The molecule has 110 valence electrons. The molecule has 0 saturated carbocycles. The van der Waals surface area contributed by atoms with Gasteiger partial charge in [-0.3, -0.25) is 9.59 Å². The van der Waals surface area contributed by atoms with Crippen LogP contribution in [0.5, 0.6) is 0 Å². The topological polar surface area (TPSA) is 66.4 Å². The Kier molecular flexibility index (Phi) is 5.61. The van der Waals surface area contributed by atoms with E-state index in [0.29, 0.717) is 6.42 Å². The zero-order valence-electron chi connectivity index (χ0n) is 11.3. The fourth-order valence-electron chi connectivity index (χ4n) is 1.80. The Morgan fingerprint density at radius 3 is 2.40 bits per heavy atom. The van der Waals surface area contributed by atoms with Crippen molar-refractivity contribution in [3.63, 3.8) is 0 Å². The summed E-state index contributed by atoms with van der Waals surface area (Å²) in [7, 11) is 0. The van der Waals surface area contributed by atoms with Crippen LogP contribution in [0.1, 0.15) is 30.6 Å². The summed E-state index contributed by atoms with van der Waals surface area (Å²) in [5.74, 6) is -4.30. The van der Waals surface area contributed by atoms with Crippen LogP contribution in [-0.2, 0) is 4.79 Å². The number of benzene rings is 1. The summed E-state index contributed by atoms with van der Waals surface area (Å²) in [4.78, 5) is 22.7. The van der Waals surface area contributed by atoms with Crippen molar-refractivity contribution < 1.29 is 23.5 Å². The van der Waals surface area contributed by atoms with Gasteiger partial charge in [-0.1, -0.05) is 13.8 Å². The standard InChI is InChI=1S/C14H17F2NO3/c1-8(2)5-10(14(19)20)7-17-13(18)9-3-4-11(15)12(16)6-9/h3-4,6,8,10H,5,7H2,1-2H3,(H,17,18)(H,19,20). The Morgan fingerprint density at radius 2 is 1.90 bits per heavy atom. The van der Waals surface area contributed by atoms with E-state index in [2.05, 4.69) is 5.32 Å². The third-order valence-electron chi connectivity index (χ3n) is 2.80. The monoisotopic (exact) mass is 285 g/mol. The number of amides is 1. The first-order valence-corrected chi connectivity index (χ1v) is 6.27. The zero-order valence-corrected chi connectivity index (χ0v) is 11.3. The van der Waals surface area contributed by atoms with Crippen molar-refractivity contribution in [2.75, 3.05) is 6.54 Å². The second-order valence-corrected chi connectivity index (χ2v) is 5.00. The maximum absolute atomic E-state index is 13.0. The van der Waals surface area contributed by atoms with Gasteiger partial charge in [0.1, 0.15) is 0 Å². The van der Waals surface area contributed by atoms with Crippen molar-refractivity contribution in [3.05, 3.63) is 35.4 Å². The number of halogens is 2. The first-order valence-electron chi connectivity index (χ1n) is 6.27. The summed E-state index contributed by atoms with van der Waals surface area (Å²) in [6, 6.07) is 2.78. The molecule has 0 spiro atoms. The highest BCUT2D eigenvalue weighted by molar-refractivity contribution is 5.94. The lowest BCUT2D eigenvalue weighted by Crippen LogP contribution is -2.33. The van der Waals surface area contributed by atoms with E-state index >= 15 is 0 Å². The molecule has 0 aliphatic carbocycles. The third-order valence-corrected chi connectivity index (χ3v) is 2.80. The minimum absolute atomic E-state index is 0.0439. The van der Waals surface area contributed by atoms with Gasteiger partial charge in [0.05, 0.1) is 5.92 Å². The van der Waals surface area contributed by atoms with Crippen molar-refractivity contribution in [1.82, 2.24) is 5.32 Å². The Labute approximate surface area is 115 Å².